The molecule has 44 heavy (non-hydrogen) atoms. The van der Waals surface area contributed by atoms with E-state index in [4.69, 9.17) is 14.2 Å². The van der Waals surface area contributed by atoms with Crippen LogP contribution in [0.25, 0.3) is 0 Å². The highest BCUT2D eigenvalue weighted by molar-refractivity contribution is 5.90. The van der Waals surface area contributed by atoms with Crippen molar-refractivity contribution in [3.63, 3.8) is 0 Å². The summed E-state index contributed by atoms with van der Waals surface area (Å²) in [5, 5.41) is 12.4. The molecule has 1 saturated heterocycles. The highest BCUT2D eigenvalue weighted by Crippen LogP contribution is 2.65. The lowest BCUT2D eigenvalue weighted by atomic mass is 9.49. The van der Waals surface area contributed by atoms with Crippen LogP contribution in [0.15, 0.2) is 12.1 Å². The summed E-state index contributed by atoms with van der Waals surface area (Å²) in [4.78, 5) is 28.4. The summed E-state index contributed by atoms with van der Waals surface area (Å²) in [7, 11) is 0. The maximum Gasteiger partial charge on any atom is 0.513 e. The lowest BCUT2D eigenvalue weighted by molar-refractivity contribution is -0.188. The molecule has 2 bridgehead atoms. The number of carbonyl (C=O) groups is 2. The number of likely N-dealkylation sites (tertiary alicyclic amines) is 1. The van der Waals surface area contributed by atoms with Crippen molar-refractivity contribution < 1.29 is 28.9 Å². The molecule has 1 unspecified atom stereocenters. The average molecular weight is 610 g/mol. The predicted octanol–water partition coefficient (Wildman–Crippen LogP) is 7.82. The van der Waals surface area contributed by atoms with Crippen LogP contribution in [0, 0.1) is 5.92 Å². The van der Waals surface area contributed by atoms with Crippen LogP contribution in [0.3, 0.4) is 0 Å². The SMILES string of the molecule is CCCCCCCCCCCCCCCCOC(=O)Oc1ccc2c3c1O[C@H]1C(=O)CC[C@@]4(O)C(C2)N(CC2CC2)CC[C@]314. The number of Topliss-reactive ketones (excluding diaryl/α,β-unsaturated/α-hetero) is 1. The van der Waals surface area contributed by atoms with Gasteiger partial charge in [0.1, 0.15) is 0 Å². The van der Waals surface area contributed by atoms with Crippen LogP contribution in [0.1, 0.15) is 140 Å². The Hall–Kier alpha value is -2.12. The third-order valence-corrected chi connectivity index (χ3v) is 11.5. The normalized spacial score (nSPS) is 28.5. The molecule has 2 heterocycles. The molecule has 5 aliphatic rings. The maximum absolute atomic E-state index is 13.3. The van der Waals surface area contributed by atoms with E-state index in [0.29, 0.717) is 37.4 Å². The van der Waals surface area contributed by atoms with Crippen molar-refractivity contribution in [2.24, 2.45) is 5.92 Å². The van der Waals surface area contributed by atoms with E-state index >= 15 is 0 Å². The molecular formula is C37H55NO6. The summed E-state index contributed by atoms with van der Waals surface area (Å²) in [6.45, 7) is 4.48. The fourth-order valence-electron chi connectivity index (χ4n) is 8.90. The van der Waals surface area contributed by atoms with E-state index < -0.39 is 23.3 Å². The Kier molecular flexibility index (Phi) is 10.2. The molecule has 6 rings (SSSR count). The van der Waals surface area contributed by atoms with E-state index in [1.165, 1.54) is 83.5 Å². The number of ketones is 1. The van der Waals surface area contributed by atoms with Crippen molar-refractivity contribution in [2.45, 2.75) is 159 Å². The smallest absolute Gasteiger partial charge is 0.477 e. The number of carbonyl (C=O) groups excluding carboxylic acids is 2. The molecule has 7 heteroatoms. The van der Waals surface area contributed by atoms with Gasteiger partial charge >= 0.3 is 6.16 Å². The molecular weight excluding hydrogens is 554 g/mol. The number of aliphatic hydroxyl groups is 1. The molecule has 4 atom stereocenters. The number of benzene rings is 1. The van der Waals surface area contributed by atoms with Gasteiger partial charge < -0.3 is 19.3 Å². The summed E-state index contributed by atoms with van der Waals surface area (Å²) in [5.74, 6) is 1.53. The molecule has 0 radical (unpaired) electrons. The first kappa shape index (κ1) is 31.8. The van der Waals surface area contributed by atoms with Gasteiger partial charge in [-0.15, -0.1) is 0 Å². The minimum absolute atomic E-state index is 0.0173. The molecule has 3 fully saturated rings. The van der Waals surface area contributed by atoms with Crippen LogP contribution in [-0.2, 0) is 21.4 Å². The van der Waals surface area contributed by atoms with Crippen LogP contribution >= 0.6 is 0 Å². The summed E-state index contributed by atoms with van der Waals surface area (Å²) >= 11 is 0. The number of piperidine rings is 1. The second-order valence-corrected chi connectivity index (χ2v) is 14.5. The molecule has 1 aromatic carbocycles. The molecule has 2 saturated carbocycles. The number of hydrogen-bond acceptors (Lipinski definition) is 7. The Morgan fingerprint density at radius 3 is 2.27 bits per heavy atom. The van der Waals surface area contributed by atoms with Gasteiger partial charge in [-0.25, -0.2) is 4.79 Å². The summed E-state index contributed by atoms with van der Waals surface area (Å²) in [6, 6.07) is 3.77. The van der Waals surface area contributed by atoms with E-state index in [9.17, 15) is 14.7 Å². The van der Waals surface area contributed by atoms with Crippen LogP contribution < -0.4 is 9.47 Å². The monoisotopic (exact) mass is 609 g/mol. The van der Waals surface area contributed by atoms with E-state index in [1.807, 2.05) is 6.07 Å². The summed E-state index contributed by atoms with van der Waals surface area (Å²) in [6.07, 6.45) is 21.2. The van der Waals surface area contributed by atoms with E-state index in [0.717, 1.165) is 55.8 Å². The first-order valence-electron chi connectivity index (χ1n) is 18.1. The van der Waals surface area contributed by atoms with Gasteiger partial charge in [-0.3, -0.25) is 9.69 Å². The standard InChI is InChI=1S/C37H55NO6/c1-2-3-4-5-6-7-8-9-10-11-12-13-14-15-24-42-35(40)43-30-19-18-28-25-31-37(41)21-20-29(39)34-36(37,32(28)33(30)44-34)22-23-38(31)26-27-16-17-27/h18-19,27,31,34,41H,2-17,20-26H2,1H3/t31?,34-,36-,37+/m0/s1. The highest BCUT2D eigenvalue weighted by Gasteiger charge is 2.73. The largest absolute Gasteiger partial charge is 0.513 e. The number of hydrogen-bond donors (Lipinski definition) is 1. The second-order valence-electron chi connectivity index (χ2n) is 14.5. The van der Waals surface area contributed by atoms with Crippen LogP contribution in [0.5, 0.6) is 11.5 Å². The van der Waals surface area contributed by atoms with Crippen molar-refractivity contribution in [1.29, 1.82) is 0 Å². The zero-order valence-electron chi connectivity index (χ0n) is 27.1. The van der Waals surface area contributed by atoms with Crippen molar-refractivity contribution in [3.8, 4) is 11.5 Å². The molecule has 0 aromatic heterocycles. The zero-order valence-corrected chi connectivity index (χ0v) is 27.1. The van der Waals surface area contributed by atoms with E-state index in [1.54, 1.807) is 6.07 Å². The van der Waals surface area contributed by atoms with Gasteiger partial charge in [-0.1, -0.05) is 96.5 Å². The van der Waals surface area contributed by atoms with Gasteiger partial charge in [-0.2, -0.15) is 0 Å². The molecule has 244 valence electrons. The van der Waals surface area contributed by atoms with Gasteiger partial charge in [0.25, 0.3) is 0 Å². The van der Waals surface area contributed by atoms with E-state index in [-0.39, 0.29) is 11.8 Å². The number of rotatable bonds is 18. The Morgan fingerprint density at radius 1 is 0.955 bits per heavy atom. The van der Waals surface area contributed by atoms with Gasteiger partial charge in [0, 0.05) is 24.6 Å². The Morgan fingerprint density at radius 2 is 1.61 bits per heavy atom. The van der Waals surface area contributed by atoms with Crippen LogP contribution in [0.2, 0.25) is 0 Å². The van der Waals surface area contributed by atoms with Gasteiger partial charge in [0.15, 0.2) is 23.4 Å². The van der Waals surface area contributed by atoms with Crippen molar-refractivity contribution in [1.82, 2.24) is 4.90 Å². The third kappa shape index (κ3) is 6.29. The third-order valence-electron chi connectivity index (χ3n) is 11.5. The Labute approximate surface area is 264 Å². The van der Waals surface area contributed by atoms with Crippen LogP contribution in [0.4, 0.5) is 4.79 Å². The first-order valence-corrected chi connectivity index (χ1v) is 18.1. The molecule has 1 aromatic rings. The minimum atomic E-state index is -1.02. The van der Waals surface area contributed by atoms with Crippen molar-refractivity contribution in [3.05, 3.63) is 23.3 Å². The molecule has 1 spiro atoms. The molecule has 7 nitrogen and oxygen atoms in total. The minimum Gasteiger partial charge on any atom is -0.477 e. The number of unbranched alkanes of at least 4 members (excludes halogenated alkanes) is 13. The van der Waals surface area contributed by atoms with Gasteiger partial charge in [0.2, 0.25) is 0 Å². The molecule has 2 aliphatic heterocycles. The number of nitrogens with zero attached hydrogens (tertiary/aromatic N) is 1. The number of ether oxygens (including phenoxy) is 3. The second kappa shape index (κ2) is 14.1. The average Bonchev–Trinajstić information content (AvgIpc) is 3.76. The van der Waals surface area contributed by atoms with E-state index in [2.05, 4.69) is 11.8 Å². The topological polar surface area (TPSA) is 85.3 Å². The molecule has 3 aliphatic carbocycles. The predicted molar refractivity (Wildman–Crippen MR) is 170 cm³/mol. The van der Waals surface area contributed by atoms with Crippen molar-refractivity contribution >= 4 is 11.9 Å². The molecule has 1 N–H and O–H groups in total. The van der Waals surface area contributed by atoms with Crippen LogP contribution in [-0.4, -0.2) is 59.4 Å². The summed E-state index contributed by atoms with van der Waals surface area (Å²) < 4.78 is 17.5. The Bertz CT molecular complexity index is 1160. The van der Waals surface area contributed by atoms with Gasteiger partial charge in [0.05, 0.1) is 17.6 Å². The Balaban J connectivity index is 0.959. The lowest BCUT2D eigenvalue weighted by Crippen LogP contribution is -2.76. The van der Waals surface area contributed by atoms with Crippen molar-refractivity contribution in [2.75, 3.05) is 19.7 Å². The van der Waals surface area contributed by atoms with Gasteiger partial charge in [-0.05, 0) is 62.6 Å². The fraction of sp³-hybridized carbons (Fsp3) is 0.784. The zero-order chi connectivity index (χ0) is 30.6. The maximum atomic E-state index is 13.3. The highest BCUT2D eigenvalue weighted by atomic mass is 16.7. The summed E-state index contributed by atoms with van der Waals surface area (Å²) in [5.41, 5.74) is 0.213. The quantitative estimate of drug-likeness (QED) is 0.103. The first-order chi connectivity index (χ1) is 21.5. The lowest BCUT2D eigenvalue weighted by Gasteiger charge is -2.62. The fourth-order valence-corrected chi connectivity index (χ4v) is 8.90. The molecule has 0 amide bonds.